The fourth-order valence-corrected chi connectivity index (χ4v) is 10.1. The molecular formula is C66H126O6. The van der Waals surface area contributed by atoms with E-state index in [2.05, 4.69) is 32.9 Å². The van der Waals surface area contributed by atoms with Crippen molar-refractivity contribution in [3.05, 3.63) is 12.2 Å². The van der Waals surface area contributed by atoms with Gasteiger partial charge in [-0.2, -0.15) is 0 Å². The number of rotatable bonds is 61. The van der Waals surface area contributed by atoms with Crippen molar-refractivity contribution in [2.75, 3.05) is 13.2 Å². The quantitative estimate of drug-likeness (QED) is 0.0261. The first kappa shape index (κ1) is 70.1. The summed E-state index contributed by atoms with van der Waals surface area (Å²) >= 11 is 0. The topological polar surface area (TPSA) is 78.9 Å². The Morgan fingerprint density at radius 2 is 0.458 bits per heavy atom. The Bertz CT molecular complexity index is 1120. The number of carbonyl (C=O) groups is 3. The molecule has 1 atom stereocenters. The van der Waals surface area contributed by atoms with Gasteiger partial charge in [0.05, 0.1) is 0 Å². The normalized spacial score (nSPS) is 12.0. The number of esters is 3. The lowest BCUT2D eigenvalue weighted by Crippen LogP contribution is -2.30. The number of allylic oxidation sites excluding steroid dienone is 2. The molecule has 0 radical (unpaired) electrons. The van der Waals surface area contributed by atoms with Gasteiger partial charge in [-0.1, -0.05) is 322 Å². The van der Waals surface area contributed by atoms with Crippen LogP contribution < -0.4 is 0 Å². The van der Waals surface area contributed by atoms with Crippen molar-refractivity contribution in [2.24, 2.45) is 0 Å². The summed E-state index contributed by atoms with van der Waals surface area (Å²) in [6, 6.07) is 0. The second kappa shape index (κ2) is 61.7. The molecule has 0 aliphatic rings. The van der Waals surface area contributed by atoms with Gasteiger partial charge in [0.1, 0.15) is 13.2 Å². The second-order valence-electron chi connectivity index (χ2n) is 22.4. The van der Waals surface area contributed by atoms with Gasteiger partial charge in [0.2, 0.25) is 0 Å². The zero-order valence-corrected chi connectivity index (χ0v) is 49.0. The van der Waals surface area contributed by atoms with Crippen LogP contribution in [-0.4, -0.2) is 37.2 Å². The van der Waals surface area contributed by atoms with Gasteiger partial charge in [0, 0.05) is 19.3 Å². The maximum atomic E-state index is 12.8. The summed E-state index contributed by atoms with van der Waals surface area (Å²) in [5, 5.41) is 0. The molecule has 0 aromatic carbocycles. The SMILES string of the molecule is CCCCCCCCCC/C=C\CCCCCCCCCCCCCCCCCCCCCCCC(=O)OCC(COC(=O)CCCCCCCC)OC(=O)CCCCCCCCCCCCCCCCC. The maximum absolute atomic E-state index is 12.8. The average Bonchev–Trinajstić information content (AvgIpc) is 3.38. The van der Waals surface area contributed by atoms with Gasteiger partial charge in [0.25, 0.3) is 0 Å². The zero-order chi connectivity index (χ0) is 52.2. The van der Waals surface area contributed by atoms with Gasteiger partial charge in [-0.3, -0.25) is 14.4 Å². The van der Waals surface area contributed by atoms with Crippen LogP contribution in [0.25, 0.3) is 0 Å². The largest absolute Gasteiger partial charge is 0.462 e. The van der Waals surface area contributed by atoms with Gasteiger partial charge < -0.3 is 14.2 Å². The highest BCUT2D eigenvalue weighted by molar-refractivity contribution is 5.71. The van der Waals surface area contributed by atoms with Crippen LogP contribution in [0.3, 0.4) is 0 Å². The molecule has 0 aliphatic carbocycles. The molecule has 1 unspecified atom stereocenters. The van der Waals surface area contributed by atoms with E-state index in [1.165, 1.54) is 276 Å². The average molecular weight is 1020 g/mol. The minimum absolute atomic E-state index is 0.0634. The standard InChI is InChI=1S/C66H126O6/c1-4-7-10-13-16-18-20-22-24-25-26-27-28-29-30-31-32-33-34-35-36-37-38-39-40-41-43-44-46-48-50-53-56-59-65(68)71-62-63(61-70-64(67)58-55-52-15-12-9-6-3)72-66(69)60-57-54-51-49-47-45-42-23-21-19-17-14-11-8-5-2/h25-26,63H,4-24,27-62H2,1-3H3/b26-25-. The zero-order valence-electron chi connectivity index (χ0n) is 49.0. The number of ether oxygens (including phenoxy) is 3. The summed E-state index contributed by atoms with van der Waals surface area (Å²) < 4.78 is 16.8. The predicted molar refractivity (Wildman–Crippen MR) is 312 cm³/mol. The van der Waals surface area contributed by atoms with Crippen molar-refractivity contribution < 1.29 is 28.6 Å². The molecule has 0 aromatic heterocycles. The fourth-order valence-electron chi connectivity index (χ4n) is 10.1. The summed E-state index contributed by atoms with van der Waals surface area (Å²) in [6.45, 7) is 6.64. The minimum Gasteiger partial charge on any atom is -0.462 e. The van der Waals surface area contributed by atoms with Crippen LogP contribution in [0.2, 0.25) is 0 Å². The van der Waals surface area contributed by atoms with E-state index in [0.29, 0.717) is 19.3 Å². The van der Waals surface area contributed by atoms with Gasteiger partial charge in [-0.25, -0.2) is 0 Å². The van der Waals surface area contributed by atoms with Crippen molar-refractivity contribution in [1.82, 2.24) is 0 Å². The molecule has 6 nitrogen and oxygen atoms in total. The first-order valence-corrected chi connectivity index (χ1v) is 32.7. The number of carbonyl (C=O) groups excluding carboxylic acids is 3. The molecule has 0 heterocycles. The highest BCUT2D eigenvalue weighted by atomic mass is 16.6. The van der Waals surface area contributed by atoms with E-state index in [4.69, 9.17) is 14.2 Å². The Labute approximate surface area is 450 Å². The summed E-state index contributed by atoms with van der Waals surface area (Å²) in [6.07, 6.45) is 72.8. The Hall–Kier alpha value is -1.85. The van der Waals surface area contributed by atoms with E-state index in [1.807, 2.05) is 0 Å². The Morgan fingerprint density at radius 1 is 0.264 bits per heavy atom. The Balaban J connectivity index is 3.88. The summed E-state index contributed by atoms with van der Waals surface area (Å²) in [5.74, 6) is -0.848. The minimum atomic E-state index is -0.761. The molecule has 0 amide bonds. The summed E-state index contributed by atoms with van der Waals surface area (Å²) in [4.78, 5) is 37.9. The predicted octanol–water partition coefficient (Wildman–Crippen LogP) is 22.1. The van der Waals surface area contributed by atoms with E-state index in [9.17, 15) is 14.4 Å². The summed E-state index contributed by atoms with van der Waals surface area (Å²) in [7, 11) is 0. The highest BCUT2D eigenvalue weighted by Gasteiger charge is 2.19. The van der Waals surface area contributed by atoms with Gasteiger partial charge in [-0.15, -0.1) is 0 Å². The number of unbranched alkanes of at least 4 members (excludes halogenated alkanes) is 48. The lowest BCUT2D eigenvalue weighted by atomic mass is 10.0. The lowest BCUT2D eigenvalue weighted by Gasteiger charge is -2.18. The lowest BCUT2D eigenvalue weighted by molar-refractivity contribution is -0.167. The van der Waals surface area contributed by atoms with E-state index in [0.717, 1.165) is 57.8 Å². The molecule has 0 N–H and O–H groups in total. The third-order valence-electron chi connectivity index (χ3n) is 15.0. The smallest absolute Gasteiger partial charge is 0.306 e. The third-order valence-corrected chi connectivity index (χ3v) is 15.0. The maximum Gasteiger partial charge on any atom is 0.306 e. The van der Waals surface area contributed by atoms with Crippen molar-refractivity contribution >= 4 is 17.9 Å². The molecule has 0 saturated carbocycles. The van der Waals surface area contributed by atoms with Gasteiger partial charge >= 0.3 is 17.9 Å². The second-order valence-corrected chi connectivity index (χ2v) is 22.4. The molecule has 0 aromatic rings. The number of hydrogen-bond donors (Lipinski definition) is 0. The highest BCUT2D eigenvalue weighted by Crippen LogP contribution is 2.18. The number of hydrogen-bond acceptors (Lipinski definition) is 6. The van der Waals surface area contributed by atoms with Gasteiger partial charge in [-0.05, 0) is 44.9 Å². The monoisotopic (exact) mass is 1010 g/mol. The van der Waals surface area contributed by atoms with Crippen molar-refractivity contribution in [1.29, 1.82) is 0 Å². The molecule has 0 saturated heterocycles. The van der Waals surface area contributed by atoms with Crippen molar-refractivity contribution in [3.63, 3.8) is 0 Å². The molecule has 0 spiro atoms. The van der Waals surface area contributed by atoms with Crippen LogP contribution in [-0.2, 0) is 28.6 Å². The van der Waals surface area contributed by atoms with Crippen LogP contribution in [0, 0.1) is 0 Å². The van der Waals surface area contributed by atoms with Crippen molar-refractivity contribution in [2.45, 2.75) is 380 Å². The summed E-state index contributed by atoms with van der Waals surface area (Å²) in [5.41, 5.74) is 0. The van der Waals surface area contributed by atoms with E-state index in [1.54, 1.807) is 0 Å². The molecular weight excluding hydrogens is 889 g/mol. The van der Waals surface area contributed by atoms with Crippen molar-refractivity contribution in [3.8, 4) is 0 Å². The molecule has 426 valence electrons. The Morgan fingerprint density at radius 3 is 0.694 bits per heavy atom. The van der Waals surface area contributed by atoms with E-state index >= 15 is 0 Å². The van der Waals surface area contributed by atoms with E-state index in [-0.39, 0.29) is 31.1 Å². The molecule has 72 heavy (non-hydrogen) atoms. The van der Waals surface area contributed by atoms with E-state index < -0.39 is 6.10 Å². The first-order valence-electron chi connectivity index (χ1n) is 32.7. The molecule has 0 fully saturated rings. The molecule has 0 bridgehead atoms. The van der Waals surface area contributed by atoms with Crippen LogP contribution in [0.15, 0.2) is 12.2 Å². The first-order chi connectivity index (χ1) is 35.5. The van der Waals surface area contributed by atoms with Crippen LogP contribution in [0.1, 0.15) is 374 Å². The molecule has 0 aliphatic heterocycles. The molecule has 6 heteroatoms. The van der Waals surface area contributed by atoms with Crippen LogP contribution in [0.5, 0.6) is 0 Å². The van der Waals surface area contributed by atoms with Crippen LogP contribution >= 0.6 is 0 Å². The third kappa shape index (κ3) is 59.0. The molecule has 0 rings (SSSR count). The fraction of sp³-hybridized carbons (Fsp3) is 0.924. The Kier molecular flexibility index (Phi) is 60.1. The van der Waals surface area contributed by atoms with Gasteiger partial charge in [0.15, 0.2) is 6.10 Å². The van der Waals surface area contributed by atoms with Crippen LogP contribution in [0.4, 0.5) is 0 Å².